The van der Waals surface area contributed by atoms with Gasteiger partial charge in [0.25, 0.3) is 5.91 Å². The van der Waals surface area contributed by atoms with E-state index in [0.29, 0.717) is 29.4 Å². The van der Waals surface area contributed by atoms with E-state index in [1.54, 1.807) is 12.1 Å². The number of nitrogens with zero attached hydrogens (tertiary/aromatic N) is 1. The van der Waals surface area contributed by atoms with E-state index in [1.807, 2.05) is 30.3 Å². The van der Waals surface area contributed by atoms with E-state index >= 15 is 0 Å². The monoisotopic (exact) mass is 413 g/mol. The van der Waals surface area contributed by atoms with Gasteiger partial charge in [-0.25, -0.2) is 4.79 Å². The van der Waals surface area contributed by atoms with Gasteiger partial charge in [0.15, 0.2) is 11.5 Å². The van der Waals surface area contributed by atoms with E-state index in [1.165, 1.54) is 21.3 Å². The summed E-state index contributed by atoms with van der Waals surface area (Å²) in [5, 5.41) is 5.27. The second kappa shape index (κ2) is 9.17. The molecule has 0 aromatic heterocycles. The summed E-state index contributed by atoms with van der Waals surface area (Å²) in [7, 11) is 4.40. The highest BCUT2D eigenvalue weighted by molar-refractivity contribution is 6.08. The van der Waals surface area contributed by atoms with E-state index in [9.17, 15) is 14.4 Å². The van der Waals surface area contributed by atoms with Crippen LogP contribution in [0.1, 0.15) is 5.56 Å². The predicted molar refractivity (Wildman–Crippen MR) is 109 cm³/mol. The van der Waals surface area contributed by atoms with Crippen LogP contribution in [0.3, 0.4) is 0 Å². The molecule has 4 amide bonds. The predicted octanol–water partition coefficient (Wildman–Crippen LogP) is 1.81. The van der Waals surface area contributed by atoms with Crippen LogP contribution in [0.2, 0.25) is 0 Å². The molecule has 2 aromatic carbocycles. The topological polar surface area (TPSA) is 106 Å². The van der Waals surface area contributed by atoms with Crippen molar-refractivity contribution in [2.75, 3.05) is 33.2 Å². The third-order valence-electron chi connectivity index (χ3n) is 4.64. The second-order valence-electron chi connectivity index (χ2n) is 6.58. The van der Waals surface area contributed by atoms with Gasteiger partial charge in [0.05, 0.1) is 21.3 Å². The van der Waals surface area contributed by atoms with Crippen LogP contribution in [-0.2, 0) is 16.0 Å². The fourth-order valence-corrected chi connectivity index (χ4v) is 3.21. The number of carbonyl (C=O) groups is 3. The van der Waals surface area contributed by atoms with Crippen molar-refractivity contribution in [3.05, 3.63) is 48.0 Å². The minimum Gasteiger partial charge on any atom is -0.493 e. The van der Waals surface area contributed by atoms with Crippen LogP contribution >= 0.6 is 0 Å². The quantitative estimate of drug-likeness (QED) is 0.640. The Morgan fingerprint density at radius 3 is 2.23 bits per heavy atom. The van der Waals surface area contributed by atoms with Crippen molar-refractivity contribution in [1.82, 2.24) is 10.2 Å². The molecule has 158 valence electrons. The molecule has 0 radical (unpaired) electrons. The van der Waals surface area contributed by atoms with Gasteiger partial charge in [-0.15, -0.1) is 0 Å². The van der Waals surface area contributed by atoms with E-state index in [0.717, 1.165) is 10.5 Å². The molecule has 9 heteroatoms. The number of anilines is 1. The number of amides is 4. The maximum Gasteiger partial charge on any atom is 0.325 e. The van der Waals surface area contributed by atoms with E-state index < -0.39 is 30.4 Å². The normalized spacial score (nSPS) is 15.6. The Kier molecular flexibility index (Phi) is 6.41. The minimum atomic E-state index is -0.700. The van der Waals surface area contributed by atoms with Crippen molar-refractivity contribution in [3.8, 4) is 17.2 Å². The number of carbonyl (C=O) groups excluding carboxylic acids is 3. The van der Waals surface area contributed by atoms with Gasteiger partial charge in [-0.1, -0.05) is 30.3 Å². The lowest BCUT2D eigenvalue weighted by molar-refractivity contribution is -0.130. The van der Waals surface area contributed by atoms with Gasteiger partial charge in [0, 0.05) is 24.2 Å². The molecule has 0 saturated carbocycles. The second-order valence-corrected chi connectivity index (χ2v) is 6.58. The van der Waals surface area contributed by atoms with Crippen molar-refractivity contribution >= 4 is 23.5 Å². The molecule has 1 aliphatic heterocycles. The maximum atomic E-state index is 12.6. The molecule has 9 nitrogen and oxygen atoms in total. The molecule has 0 aliphatic carbocycles. The number of benzene rings is 2. The first-order chi connectivity index (χ1) is 14.5. The average Bonchev–Trinajstić information content (AvgIpc) is 3.00. The van der Waals surface area contributed by atoms with Crippen LogP contribution < -0.4 is 24.8 Å². The zero-order valence-corrected chi connectivity index (χ0v) is 16.9. The van der Waals surface area contributed by atoms with Crippen molar-refractivity contribution < 1.29 is 28.6 Å². The summed E-state index contributed by atoms with van der Waals surface area (Å²) in [6.45, 7) is -0.410. The van der Waals surface area contributed by atoms with Crippen LogP contribution in [0.5, 0.6) is 17.2 Å². The molecule has 1 saturated heterocycles. The zero-order valence-electron chi connectivity index (χ0n) is 16.9. The van der Waals surface area contributed by atoms with E-state index in [4.69, 9.17) is 14.2 Å². The van der Waals surface area contributed by atoms with Crippen LogP contribution in [0, 0.1) is 0 Å². The number of ether oxygens (including phenoxy) is 3. The Morgan fingerprint density at radius 2 is 1.67 bits per heavy atom. The van der Waals surface area contributed by atoms with Gasteiger partial charge in [0.1, 0.15) is 12.6 Å². The highest BCUT2D eigenvalue weighted by atomic mass is 16.5. The molecule has 0 spiro atoms. The number of hydrogen-bond acceptors (Lipinski definition) is 6. The number of nitrogens with one attached hydrogen (secondary N) is 2. The third-order valence-corrected chi connectivity index (χ3v) is 4.64. The summed E-state index contributed by atoms with van der Waals surface area (Å²) in [6, 6.07) is 11.2. The van der Waals surface area contributed by atoms with Gasteiger partial charge < -0.3 is 24.8 Å². The van der Waals surface area contributed by atoms with Gasteiger partial charge in [-0.2, -0.15) is 0 Å². The van der Waals surface area contributed by atoms with Crippen molar-refractivity contribution in [2.45, 2.75) is 12.5 Å². The van der Waals surface area contributed by atoms with Gasteiger partial charge >= 0.3 is 6.03 Å². The number of methoxy groups -OCH3 is 3. The Hall–Kier alpha value is -3.75. The van der Waals surface area contributed by atoms with Crippen LogP contribution in [-0.4, -0.2) is 56.7 Å². The fraction of sp³-hybridized carbons (Fsp3) is 0.286. The molecule has 3 rings (SSSR count). The maximum absolute atomic E-state index is 12.6. The summed E-state index contributed by atoms with van der Waals surface area (Å²) in [5.74, 6) is 0.142. The first-order valence-electron chi connectivity index (χ1n) is 9.22. The molecular weight excluding hydrogens is 390 g/mol. The standard InChI is InChI=1S/C21H23N3O6/c1-28-16-10-14(11-17(29-2)19(16)30-3)22-18(25)12-24-20(26)15(23-21(24)27)9-13-7-5-4-6-8-13/h4-8,10-11,15H,9,12H2,1-3H3,(H,22,25)(H,23,27). The summed E-state index contributed by atoms with van der Waals surface area (Å²) >= 11 is 0. The van der Waals surface area contributed by atoms with Gasteiger partial charge in [-0.05, 0) is 5.56 Å². The Morgan fingerprint density at radius 1 is 1.03 bits per heavy atom. The number of urea groups is 1. The third kappa shape index (κ3) is 4.45. The number of imide groups is 1. The summed E-state index contributed by atoms with van der Waals surface area (Å²) in [5.41, 5.74) is 1.29. The first-order valence-corrected chi connectivity index (χ1v) is 9.22. The Bertz CT molecular complexity index is 922. The van der Waals surface area contributed by atoms with Crippen LogP contribution in [0.4, 0.5) is 10.5 Å². The smallest absolute Gasteiger partial charge is 0.325 e. The molecule has 1 atom stereocenters. The molecule has 2 N–H and O–H groups in total. The molecule has 1 aliphatic rings. The summed E-state index contributed by atoms with van der Waals surface area (Å²) in [4.78, 5) is 38.2. The minimum absolute atomic E-state index is 0.358. The molecular formula is C21H23N3O6. The van der Waals surface area contributed by atoms with Crippen molar-refractivity contribution in [2.24, 2.45) is 0 Å². The average molecular weight is 413 g/mol. The summed E-state index contributed by atoms with van der Waals surface area (Å²) < 4.78 is 15.8. The van der Waals surface area contributed by atoms with Crippen molar-refractivity contribution in [1.29, 1.82) is 0 Å². The molecule has 1 heterocycles. The lowest BCUT2D eigenvalue weighted by Crippen LogP contribution is -2.38. The highest BCUT2D eigenvalue weighted by Crippen LogP contribution is 2.39. The fourth-order valence-electron chi connectivity index (χ4n) is 3.21. The zero-order chi connectivity index (χ0) is 21.7. The van der Waals surface area contributed by atoms with Crippen LogP contribution in [0.15, 0.2) is 42.5 Å². The lowest BCUT2D eigenvalue weighted by atomic mass is 10.1. The molecule has 1 fully saturated rings. The van der Waals surface area contributed by atoms with Gasteiger partial charge in [-0.3, -0.25) is 14.5 Å². The van der Waals surface area contributed by atoms with Crippen LogP contribution in [0.25, 0.3) is 0 Å². The van der Waals surface area contributed by atoms with E-state index in [2.05, 4.69) is 10.6 Å². The van der Waals surface area contributed by atoms with E-state index in [-0.39, 0.29) is 0 Å². The Labute approximate surface area is 173 Å². The molecule has 30 heavy (non-hydrogen) atoms. The largest absolute Gasteiger partial charge is 0.493 e. The number of rotatable bonds is 8. The SMILES string of the molecule is COc1cc(NC(=O)CN2C(=O)NC(Cc3ccccc3)C2=O)cc(OC)c1OC. The Balaban J connectivity index is 1.67. The lowest BCUT2D eigenvalue weighted by Gasteiger charge is -2.16. The first kappa shape index (κ1) is 21.0. The molecule has 2 aromatic rings. The summed E-state index contributed by atoms with van der Waals surface area (Å²) in [6.07, 6.45) is 0.358. The highest BCUT2D eigenvalue weighted by Gasteiger charge is 2.38. The van der Waals surface area contributed by atoms with Crippen molar-refractivity contribution in [3.63, 3.8) is 0 Å². The molecule has 0 bridgehead atoms. The number of hydrogen-bond donors (Lipinski definition) is 2. The molecule has 1 unspecified atom stereocenters. The van der Waals surface area contributed by atoms with Gasteiger partial charge in [0.2, 0.25) is 11.7 Å².